The van der Waals surface area contributed by atoms with Crippen LogP contribution in [0.1, 0.15) is 54.4 Å². The molecule has 2 atom stereocenters. The quantitative estimate of drug-likeness (QED) is 0.772. The van der Waals surface area contributed by atoms with Crippen LogP contribution in [0.25, 0.3) is 0 Å². The number of hydrogen-bond donors (Lipinski definition) is 1. The van der Waals surface area contributed by atoms with E-state index >= 15 is 0 Å². The molecule has 0 amide bonds. The summed E-state index contributed by atoms with van der Waals surface area (Å²) in [7, 11) is 0. The lowest BCUT2D eigenvalue weighted by molar-refractivity contribution is -0.167. The molecule has 0 aromatic rings. The minimum absolute atomic E-state index is 0.280. The third-order valence-electron chi connectivity index (χ3n) is 4.39. The number of carboxylic acid groups (broad SMARTS) is 1. The molecule has 0 aliphatic heterocycles. The highest BCUT2D eigenvalue weighted by atomic mass is 16.6. The van der Waals surface area contributed by atoms with E-state index in [1.807, 2.05) is 34.6 Å². The Hall–Kier alpha value is -1.06. The summed E-state index contributed by atoms with van der Waals surface area (Å²) in [6.07, 6.45) is 1.09. The zero-order valence-electron chi connectivity index (χ0n) is 12.2. The summed E-state index contributed by atoms with van der Waals surface area (Å²) >= 11 is 0. The number of hydrogen-bond acceptors (Lipinski definition) is 3. The van der Waals surface area contributed by atoms with Crippen LogP contribution in [0.5, 0.6) is 0 Å². The maximum Gasteiger partial charge on any atom is 0.310 e. The van der Waals surface area contributed by atoms with Gasteiger partial charge in [0.05, 0.1) is 11.3 Å². The second-order valence-electron chi connectivity index (χ2n) is 6.98. The van der Waals surface area contributed by atoms with E-state index in [-0.39, 0.29) is 11.9 Å². The molecule has 18 heavy (non-hydrogen) atoms. The van der Waals surface area contributed by atoms with Gasteiger partial charge in [-0.25, -0.2) is 0 Å². The molecular weight excluding hydrogens is 232 g/mol. The summed E-state index contributed by atoms with van der Waals surface area (Å²) in [6, 6.07) is 0. The van der Waals surface area contributed by atoms with Crippen molar-refractivity contribution in [2.75, 3.05) is 0 Å². The Morgan fingerprint density at radius 2 is 1.72 bits per heavy atom. The first-order valence-electron chi connectivity index (χ1n) is 6.38. The third kappa shape index (κ3) is 2.38. The molecule has 1 saturated carbocycles. The molecule has 0 saturated heterocycles. The molecule has 0 radical (unpaired) electrons. The Kier molecular flexibility index (Phi) is 3.54. The fraction of sp³-hybridized carbons (Fsp3) is 0.857. The van der Waals surface area contributed by atoms with Crippen molar-refractivity contribution in [1.82, 2.24) is 0 Å². The molecule has 104 valence electrons. The number of carbonyl (C=O) groups excluding carboxylic acids is 1. The van der Waals surface area contributed by atoms with Gasteiger partial charge in [0.25, 0.3) is 0 Å². The smallest absolute Gasteiger partial charge is 0.310 e. The topological polar surface area (TPSA) is 63.6 Å². The van der Waals surface area contributed by atoms with Crippen molar-refractivity contribution >= 4 is 11.9 Å². The van der Waals surface area contributed by atoms with Crippen molar-refractivity contribution < 1.29 is 19.4 Å². The molecule has 0 bridgehead atoms. The van der Waals surface area contributed by atoms with Gasteiger partial charge in [0.2, 0.25) is 0 Å². The Balaban J connectivity index is 2.95. The van der Waals surface area contributed by atoms with E-state index in [1.54, 1.807) is 6.92 Å². The van der Waals surface area contributed by atoms with Gasteiger partial charge in [0, 0.05) is 0 Å². The van der Waals surface area contributed by atoms with Gasteiger partial charge in [0.15, 0.2) is 0 Å². The monoisotopic (exact) mass is 256 g/mol. The highest BCUT2D eigenvalue weighted by Crippen LogP contribution is 2.56. The number of aliphatic carboxylic acids is 1. The SMILES string of the molecule is CC(C)(C)OC(=O)[C@H]1CC[C@@](C)(C(=O)O)C1(C)C. The molecule has 0 heterocycles. The Morgan fingerprint density at radius 3 is 2.06 bits per heavy atom. The number of ether oxygens (including phenoxy) is 1. The molecule has 0 aromatic heterocycles. The van der Waals surface area contributed by atoms with Crippen LogP contribution in [-0.4, -0.2) is 22.6 Å². The molecule has 4 nitrogen and oxygen atoms in total. The van der Waals surface area contributed by atoms with Gasteiger partial charge in [-0.15, -0.1) is 0 Å². The predicted octanol–water partition coefficient (Wildman–Crippen LogP) is 2.86. The largest absolute Gasteiger partial charge is 0.481 e. The first-order valence-corrected chi connectivity index (χ1v) is 6.38. The minimum Gasteiger partial charge on any atom is -0.481 e. The fourth-order valence-electron chi connectivity index (χ4n) is 2.67. The van der Waals surface area contributed by atoms with Crippen LogP contribution in [0.2, 0.25) is 0 Å². The molecule has 0 spiro atoms. The molecule has 0 aromatic carbocycles. The van der Waals surface area contributed by atoms with Crippen molar-refractivity contribution in [3.63, 3.8) is 0 Å². The van der Waals surface area contributed by atoms with Gasteiger partial charge in [-0.05, 0) is 46.0 Å². The number of esters is 1. The lowest BCUT2D eigenvalue weighted by Crippen LogP contribution is -2.44. The Labute approximate surface area is 109 Å². The summed E-state index contributed by atoms with van der Waals surface area (Å²) < 4.78 is 5.40. The first kappa shape index (κ1) is 15.0. The second kappa shape index (κ2) is 4.25. The highest BCUT2D eigenvalue weighted by molar-refractivity contribution is 5.81. The van der Waals surface area contributed by atoms with Gasteiger partial charge < -0.3 is 9.84 Å². The van der Waals surface area contributed by atoms with Gasteiger partial charge in [0.1, 0.15) is 5.60 Å². The molecule has 1 aliphatic carbocycles. The van der Waals surface area contributed by atoms with Crippen molar-refractivity contribution in [2.24, 2.45) is 16.7 Å². The van der Waals surface area contributed by atoms with Gasteiger partial charge in [-0.2, -0.15) is 0 Å². The predicted molar refractivity (Wildman–Crippen MR) is 68.1 cm³/mol. The van der Waals surface area contributed by atoms with E-state index in [9.17, 15) is 14.7 Å². The molecule has 1 N–H and O–H groups in total. The van der Waals surface area contributed by atoms with Crippen LogP contribution in [0.3, 0.4) is 0 Å². The van der Waals surface area contributed by atoms with Gasteiger partial charge in [-0.1, -0.05) is 13.8 Å². The van der Waals surface area contributed by atoms with Gasteiger partial charge in [-0.3, -0.25) is 9.59 Å². The molecule has 1 rings (SSSR count). The first-order chi connectivity index (χ1) is 7.92. The van der Waals surface area contributed by atoms with E-state index < -0.39 is 22.4 Å². The molecule has 1 fully saturated rings. The van der Waals surface area contributed by atoms with Crippen LogP contribution in [0.15, 0.2) is 0 Å². The second-order valence-corrected chi connectivity index (χ2v) is 6.98. The third-order valence-corrected chi connectivity index (χ3v) is 4.39. The lowest BCUT2D eigenvalue weighted by Gasteiger charge is -2.38. The molecule has 0 unspecified atom stereocenters. The maximum atomic E-state index is 12.2. The Morgan fingerprint density at radius 1 is 1.22 bits per heavy atom. The number of rotatable bonds is 2. The zero-order valence-corrected chi connectivity index (χ0v) is 12.2. The van der Waals surface area contributed by atoms with Crippen LogP contribution >= 0.6 is 0 Å². The summed E-state index contributed by atoms with van der Waals surface area (Å²) in [5.74, 6) is -1.46. The summed E-state index contributed by atoms with van der Waals surface area (Å²) in [4.78, 5) is 23.6. The summed E-state index contributed by atoms with van der Waals surface area (Å²) in [5, 5.41) is 9.39. The van der Waals surface area contributed by atoms with Crippen LogP contribution in [0.4, 0.5) is 0 Å². The van der Waals surface area contributed by atoms with E-state index in [4.69, 9.17) is 4.74 Å². The minimum atomic E-state index is -0.866. The van der Waals surface area contributed by atoms with Crippen LogP contribution in [-0.2, 0) is 14.3 Å². The van der Waals surface area contributed by atoms with E-state index in [0.717, 1.165) is 0 Å². The number of carbonyl (C=O) groups is 2. The summed E-state index contributed by atoms with van der Waals surface area (Å²) in [6.45, 7) is 10.9. The zero-order chi connectivity index (χ0) is 14.4. The van der Waals surface area contributed by atoms with Crippen LogP contribution < -0.4 is 0 Å². The van der Waals surface area contributed by atoms with E-state index in [2.05, 4.69) is 0 Å². The Bertz CT molecular complexity index is 364. The normalized spacial score (nSPS) is 31.1. The van der Waals surface area contributed by atoms with Crippen molar-refractivity contribution in [3.8, 4) is 0 Å². The highest BCUT2D eigenvalue weighted by Gasteiger charge is 2.59. The standard InChI is InChI=1S/C14H24O4/c1-12(2,3)18-10(15)9-7-8-14(6,11(16)17)13(9,4)5/h9H,7-8H2,1-6H3,(H,16,17)/t9-,14+/m1/s1. The summed E-state index contributed by atoms with van der Waals surface area (Å²) in [5.41, 5.74) is -1.99. The average Bonchev–Trinajstić information content (AvgIpc) is 2.36. The molecule has 1 aliphatic rings. The van der Waals surface area contributed by atoms with Crippen molar-refractivity contribution in [1.29, 1.82) is 0 Å². The van der Waals surface area contributed by atoms with Crippen molar-refractivity contribution in [3.05, 3.63) is 0 Å². The molecular formula is C14H24O4. The van der Waals surface area contributed by atoms with E-state index in [0.29, 0.717) is 12.8 Å². The molecule has 4 heteroatoms. The number of carboxylic acids is 1. The lowest BCUT2D eigenvalue weighted by atomic mass is 9.66. The van der Waals surface area contributed by atoms with Crippen LogP contribution in [0, 0.1) is 16.7 Å². The average molecular weight is 256 g/mol. The van der Waals surface area contributed by atoms with Crippen molar-refractivity contribution in [2.45, 2.75) is 60.0 Å². The van der Waals surface area contributed by atoms with E-state index in [1.165, 1.54) is 0 Å². The maximum absolute atomic E-state index is 12.2. The fourth-order valence-corrected chi connectivity index (χ4v) is 2.67. The van der Waals surface area contributed by atoms with Gasteiger partial charge >= 0.3 is 11.9 Å².